The Morgan fingerprint density at radius 1 is 1.03 bits per heavy atom. The van der Waals surface area contributed by atoms with Crippen LogP contribution in [0.3, 0.4) is 0 Å². The number of phenolic OH excluding ortho intramolecular Hbond substituents is 1. The molecule has 0 fully saturated rings. The topological polar surface area (TPSA) is 69.9 Å². The zero-order valence-corrected chi connectivity index (χ0v) is 22.1. The van der Waals surface area contributed by atoms with Crippen LogP contribution < -0.4 is 4.57 Å². The highest BCUT2D eigenvalue weighted by atomic mass is 32.2. The lowest BCUT2D eigenvalue weighted by atomic mass is 9.95. The molecule has 0 saturated carbocycles. The molecule has 0 amide bonds. The Hall–Kier alpha value is -2.65. The van der Waals surface area contributed by atoms with Crippen LogP contribution >= 0.6 is 23.1 Å². The smallest absolute Gasteiger partial charge is 0.387 e. The molecular weight excluding hydrogens is 464 g/mol. The number of aryl methyl sites for hydroxylation is 1. The van der Waals surface area contributed by atoms with E-state index < -0.39 is 6.17 Å². The number of hydrazone groups is 1. The number of amidine groups is 1. The van der Waals surface area contributed by atoms with Crippen LogP contribution in [0.15, 0.2) is 51.9 Å². The average Bonchev–Trinajstić information content (AvgIpc) is 3.48. The quantitative estimate of drug-likeness (QED) is 0.490. The number of hydrogen-bond donors (Lipinski definition) is 1. The monoisotopic (exact) mass is 495 g/mol. The molecule has 2 aliphatic heterocycles. The van der Waals surface area contributed by atoms with Crippen molar-refractivity contribution in [3.8, 4) is 5.75 Å². The first-order valence-corrected chi connectivity index (χ1v) is 13.2. The van der Waals surface area contributed by atoms with E-state index >= 15 is 0 Å². The molecule has 3 aromatic rings. The van der Waals surface area contributed by atoms with E-state index in [0.29, 0.717) is 0 Å². The Kier molecular flexibility index (Phi) is 5.60. The van der Waals surface area contributed by atoms with Crippen LogP contribution in [0.1, 0.15) is 64.0 Å². The third-order valence-corrected chi connectivity index (χ3v) is 8.12. The first-order chi connectivity index (χ1) is 16.0. The number of rotatable bonds is 4. The van der Waals surface area contributed by atoms with Crippen molar-refractivity contribution in [3.63, 3.8) is 0 Å². The van der Waals surface area contributed by atoms with Gasteiger partial charge in [-0.05, 0) is 34.4 Å². The highest BCUT2D eigenvalue weighted by molar-refractivity contribution is 8.26. The van der Waals surface area contributed by atoms with E-state index in [4.69, 9.17) is 15.2 Å². The second kappa shape index (κ2) is 8.23. The zero-order valence-electron chi connectivity index (χ0n) is 20.5. The van der Waals surface area contributed by atoms with Gasteiger partial charge in [-0.25, -0.2) is 4.57 Å². The number of aromatic nitrogens is 3. The van der Waals surface area contributed by atoms with Gasteiger partial charge in [-0.3, -0.25) is 0 Å². The third kappa shape index (κ3) is 4.05. The van der Waals surface area contributed by atoms with Gasteiger partial charge in [0.2, 0.25) is 12.0 Å². The fraction of sp³-hybridized carbons (Fsp3) is 0.440. The SMILES string of the molecule is CC(C)(C)C1=NN2C(=Nc3n(nc(C(C)(C)C)[n+]3CCc3cccs3)C2c2ccccc2O)S1. The maximum atomic E-state index is 10.8. The van der Waals surface area contributed by atoms with Gasteiger partial charge in [0.05, 0.1) is 12.1 Å². The van der Waals surface area contributed by atoms with Crippen molar-refractivity contribution < 1.29 is 9.67 Å². The second-order valence-corrected chi connectivity index (χ2v) is 12.7. The number of phenols is 1. The van der Waals surface area contributed by atoms with E-state index in [9.17, 15) is 5.11 Å². The first-order valence-electron chi connectivity index (χ1n) is 11.5. The number of hydrogen-bond acceptors (Lipinski definition) is 7. The summed E-state index contributed by atoms with van der Waals surface area (Å²) in [6.45, 7) is 13.8. The zero-order chi connectivity index (χ0) is 24.3. The molecule has 9 heteroatoms. The van der Waals surface area contributed by atoms with Crippen LogP contribution in [0.5, 0.6) is 5.75 Å². The summed E-state index contributed by atoms with van der Waals surface area (Å²) < 4.78 is 4.18. The number of thioether (sulfide) groups is 1. The molecule has 178 valence electrons. The lowest BCUT2D eigenvalue weighted by molar-refractivity contribution is -0.694. The van der Waals surface area contributed by atoms with E-state index in [0.717, 1.165) is 40.5 Å². The van der Waals surface area contributed by atoms with E-state index in [1.165, 1.54) is 4.88 Å². The number of fused-ring (bicyclic) bond motifs is 2. The first kappa shape index (κ1) is 23.1. The molecule has 2 aromatic heterocycles. The fourth-order valence-electron chi connectivity index (χ4n) is 4.12. The summed E-state index contributed by atoms with van der Waals surface area (Å²) in [5.41, 5.74) is 0.464. The van der Waals surface area contributed by atoms with Crippen LogP contribution in [-0.4, -0.2) is 30.1 Å². The van der Waals surface area contributed by atoms with Crippen LogP contribution in [0.4, 0.5) is 5.95 Å². The lowest BCUT2D eigenvalue weighted by Gasteiger charge is -2.25. The lowest BCUT2D eigenvalue weighted by Crippen LogP contribution is -2.44. The van der Waals surface area contributed by atoms with Gasteiger partial charge >= 0.3 is 5.95 Å². The van der Waals surface area contributed by atoms with Crippen molar-refractivity contribution in [1.82, 2.24) is 14.8 Å². The highest BCUT2D eigenvalue weighted by Crippen LogP contribution is 2.43. The molecule has 5 rings (SSSR count). The molecule has 1 atom stereocenters. The predicted molar refractivity (Wildman–Crippen MR) is 139 cm³/mol. The Bertz CT molecular complexity index is 1280. The summed E-state index contributed by atoms with van der Waals surface area (Å²) in [6.07, 6.45) is 0.497. The second-order valence-electron chi connectivity index (χ2n) is 10.7. The molecule has 34 heavy (non-hydrogen) atoms. The summed E-state index contributed by atoms with van der Waals surface area (Å²) >= 11 is 3.38. The molecule has 0 spiro atoms. The molecule has 7 nitrogen and oxygen atoms in total. The fourth-order valence-corrected chi connectivity index (χ4v) is 5.79. The van der Waals surface area contributed by atoms with Crippen molar-refractivity contribution in [1.29, 1.82) is 0 Å². The molecule has 0 bridgehead atoms. The summed E-state index contributed by atoms with van der Waals surface area (Å²) in [5, 5.41) is 26.8. The van der Waals surface area contributed by atoms with Gasteiger partial charge in [0.25, 0.3) is 5.17 Å². The van der Waals surface area contributed by atoms with E-state index in [1.54, 1.807) is 29.2 Å². The molecule has 0 saturated heterocycles. The molecule has 0 radical (unpaired) electrons. The van der Waals surface area contributed by atoms with Gasteiger partial charge in [0, 0.05) is 22.1 Å². The Morgan fingerprint density at radius 2 is 1.79 bits per heavy atom. The molecule has 4 heterocycles. The highest BCUT2D eigenvalue weighted by Gasteiger charge is 2.48. The maximum absolute atomic E-state index is 10.8. The molecular formula is C25H31N6OS2+. The summed E-state index contributed by atoms with van der Waals surface area (Å²) in [7, 11) is 0. The van der Waals surface area contributed by atoms with Crippen LogP contribution in [0.2, 0.25) is 0 Å². The van der Waals surface area contributed by atoms with E-state index in [-0.39, 0.29) is 16.6 Å². The predicted octanol–water partition coefficient (Wildman–Crippen LogP) is 5.43. The Labute approximate surface area is 208 Å². The van der Waals surface area contributed by atoms with Crippen molar-refractivity contribution in [2.24, 2.45) is 15.5 Å². The van der Waals surface area contributed by atoms with Crippen molar-refractivity contribution in [2.45, 2.75) is 66.1 Å². The maximum Gasteiger partial charge on any atom is 0.387 e. The largest absolute Gasteiger partial charge is 0.507 e. The van der Waals surface area contributed by atoms with E-state index in [2.05, 4.69) is 63.6 Å². The summed E-state index contributed by atoms with van der Waals surface area (Å²) in [5.74, 6) is 1.98. The van der Waals surface area contributed by atoms with Crippen molar-refractivity contribution in [2.75, 3.05) is 0 Å². The van der Waals surface area contributed by atoms with Crippen LogP contribution in [0, 0.1) is 5.41 Å². The minimum atomic E-state index is -0.417. The van der Waals surface area contributed by atoms with Crippen LogP contribution in [0.25, 0.3) is 0 Å². The van der Waals surface area contributed by atoms with Gasteiger partial charge < -0.3 is 5.11 Å². The normalized spacial score (nSPS) is 17.9. The number of nitrogens with zero attached hydrogens (tertiary/aromatic N) is 6. The molecule has 0 aliphatic carbocycles. The molecule has 2 aliphatic rings. The van der Waals surface area contributed by atoms with Crippen LogP contribution in [-0.2, 0) is 18.4 Å². The van der Waals surface area contributed by atoms with Crippen molar-refractivity contribution in [3.05, 3.63) is 58.0 Å². The number of benzene rings is 1. The summed E-state index contributed by atoms with van der Waals surface area (Å²) in [4.78, 5) is 6.42. The minimum absolute atomic E-state index is 0.110. The number of para-hydroxylation sites is 1. The van der Waals surface area contributed by atoms with E-state index in [1.807, 2.05) is 27.9 Å². The minimum Gasteiger partial charge on any atom is -0.507 e. The summed E-state index contributed by atoms with van der Waals surface area (Å²) in [6, 6.07) is 11.7. The Balaban J connectivity index is 1.69. The average molecular weight is 496 g/mol. The molecule has 1 aromatic carbocycles. The third-order valence-electron chi connectivity index (χ3n) is 5.84. The van der Waals surface area contributed by atoms with Gasteiger partial charge in [0.1, 0.15) is 10.8 Å². The van der Waals surface area contributed by atoms with Gasteiger partial charge in [-0.1, -0.05) is 75.5 Å². The Morgan fingerprint density at radius 3 is 2.44 bits per heavy atom. The molecule has 1 unspecified atom stereocenters. The molecule has 1 N–H and O–H groups in total. The van der Waals surface area contributed by atoms with Gasteiger partial charge in [0.15, 0.2) is 0 Å². The van der Waals surface area contributed by atoms with Gasteiger partial charge in [-0.15, -0.1) is 11.3 Å². The van der Waals surface area contributed by atoms with Gasteiger partial charge in [-0.2, -0.15) is 10.1 Å². The standard InChI is InChI=1S/C25H30N6OS2/c1-24(2,3)20-27-30-19(17-11-7-8-12-18(17)32)31-23(34-21(28-31)25(4,5)6)26-22(30)29(20)14-13-16-10-9-15-33-16/h7-12,15,19H,13-14H2,1-6H3/p+1. The van der Waals surface area contributed by atoms with Crippen molar-refractivity contribution >= 4 is 39.3 Å². The number of thiophene rings is 1. The number of aromatic hydroxyl groups is 1. The number of aliphatic imine (C=N–C) groups is 1.